The molecule has 4 heterocycles. The topological polar surface area (TPSA) is 124 Å². The lowest BCUT2D eigenvalue weighted by molar-refractivity contribution is -0.128. The maximum Gasteiger partial charge on any atom is 0.282 e. The Kier molecular flexibility index (Phi) is 10.1. The van der Waals surface area contributed by atoms with E-state index in [1.165, 1.54) is 21.6 Å². The molecule has 0 spiro atoms. The molecule has 2 amide bonds. The molecule has 1 aromatic carbocycles. The van der Waals surface area contributed by atoms with Gasteiger partial charge in [-0.2, -0.15) is 0 Å². The van der Waals surface area contributed by atoms with Crippen LogP contribution in [0.1, 0.15) is 41.4 Å². The number of nitrogens with one attached hydrogen (secondary N) is 1. The predicted molar refractivity (Wildman–Crippen MR) is 181 cm³/mol. The molecule has 2 N–H and O–H groups in total. The van der Waals surface area contributed by atoms with Crippen LogP contribution in [0.5, 0.6) is 5.75 Å². The van der Waals surface area contributed by atoms with Crippen LogP contribution in [0.3, 0.4) is 0 Å². The number of aryl methyl sites for hydroxylation is 1. The average Bonchev–Trinajstić information content (AvgIpc) is 3.04. The number of phenolic OH excluding ortho intramolecular Hbond substituents is 1. The summed E-state index contributed by atoms with van der Waals surface area (Å²) in [5.41, 5.74) is -0.785. The molecule has 49 heavy (non-hydrogen) atoms. The van der Waals surface area contributed by atoms with E-state index in [9.17, 15) is 23.9 Å². The Morgan fingerprint density at radius 3 is 2.39 bits per heavy atom. The van der Waals surface area contributed by atoms with Gasteiger partial charge in [-0.1, -0.05) is 26.5 Å². The quantitative estimate of drug-likeness (QED) is 0.252. The van der Waals surface area contributed by atoms with Crippen LogP contribution in [-0.2, 0) is 4.79 Å². The van der Waals surface area contributed by atoms with E-state index in [-0.39, 0.29) is 60.9 Å². The summed E-state index contributed by atoms with van der Waals surface area (Å²) in [5.74, 6) is -5.45. The summed E-state index contributed by atoms with van der Waals surface area (Å²) in [6.45, 7) is 9.39. The Hall–Kier alpha value is -5.24. The minimum atomic E-state index is -1.12. The number of anilines is 1. The number of amides is 2. The van der Waals surface area contributed by atoms with Crippen LogP contribution in [0.15, 0.2) is 53.7 Å². The summed E-state index contributed by atoms with van der Waals surface area (Å²) >= 11 is 0. The first kappa shape index (κ1) is 35.1. The standard InChI is InChI=1S/C35H38F3N7O4/c1-19(2)28-30(20(3)10-11-39-28)45-32-22(18-24(38)29(41-32)26-23(37)8-7-9-25(26)46)31(27(35(45)49)33(47)40-12-13-42(5)6)43-14-16-44(17-15-43)34(48)21(4)36/h7-11,18-19,46H,4,12-17H2,1-3,5-6H3,(H,40,47). The molecular weight excluding hydrogens is 639 g/mol. The van der Waals surface area contributed by atoms with Gasteiger partial charge < -0.3 is 25.1 Å². The number of halogens is 3. The first-order valence-electron chi connectivity index (χ1n) is 15.8. The molecule has 0 aliphatic carbocycles. The zero-order valence-corrected chi connectivity index (χ0v) is 28.0. The van der Waals surface area contributed by atoms with Gasteiger partial charge in [0.2, 0.25) is 0 Å². The molecule has 0 unspecified atom stereocenters. The van der Waals surface area contributed by atoms with Gasteiger partial charge in [0, 0.05) is 50.9 Å². The molecule has 258 valence electrons. The summed E-state index contributed by atoms with van der Waals surface area (Å²) in [4.78, 5) is 55.1. The van der Waals surface area contributed by atoms with E-state index in [0.29, 0.717) is 23.5 Å². The van der Waals surface area contributed by atoms with Crippen molar-refractivity contribution in [1.82, 2.24) is 29.7 Å². The summed E-state index contributed by atoms with van der Waals surface area (Å²) in [5, 5.41) is 13.4. The third-order valence-electron chi connectivity index (χ3n) is 8.42. The number of hydrogen-bond donors (Lipinski definition) is 2. The number of piperazine rings is 1. The third kappa shape index (κ3) is 6.73. The minimum absolute atomic E-state index is 0.0182. The summed E-state index contributed by atoms with van der Waals surface area (Å²) in [7, 11) is 3.65. The van der Waals surface area contributed by atoms with Crippen LogP contribution in [0.2, 0.25) is 0 Å². The molecule has 1 saturated heterocycles. The van der Waals surface area contributed by atoms with Crippen molar-refractivity contribution >= 4 is 28.5 Å². The predicted octanol–water partition coefficient (Wildman–Crippen LogP) is 4.29. The minimum Gasteiger partial charge on any atom is -0.507 e. The average molecular weight is 678 g/mol. The maximum atomic E-state index is 16.2. The van der Waals surface area contributed by atoms with Gasteiger partial charge in [0.25, 0.3) is 17.4 Å². The summed E-state index contributed by atoms with van der Waals surface area (Å²) in [6, 6.07) is 6.26. The van der Waals surface area contributed by atoms with Crippen molar-refractivity contribution < 1.29 is 27.9 Å². The molecule has 0 radical (unpaired) electrons. The first-order chi connectivity index (χ1) is 23.2. The molecule has 1 aliphatic rings. The molecule has 0 atom stereocenters. The Labute approximate surface area is 281 Å². The van der Waals surface area contributed by atoms with Gasteiger partial charge in [0.15, 0.2) is 17.3 Å². The van der Waals surface area contributed by atoms with Crippen LogP contribution in [-0.4, -0.2) is 94.6 Å². The highest BCUT2D eigenvalue weighted by molar-refractivity contribution is 6.08. The lowest BCUT2D eigenvalue weighted by Crippen LogP contribution is -2.50. The van der Waals surface area contributed by atoms with E-state index in [0.717, 1.165) is 12.1 Å². The lowest BCUT2D eigenvalue weighted by Gasteiger charge is -2.37. The molecule has 1 fully saturated rings. The maximum absolute atomic E-state index is 16.2. The third-order valence-corrected chi connectivity index (χ3v) is 8.42. The number of aromatic nitrogens is 3. The number of fused-ring (bicyclic) bond motifs is 1. The highest BCUT2D eigenvalue weighted by atomic mass is 19.1. The second-order valence-corrected chi connectivity index (χ2v) is 12.4. The summed E-state index contributed by atoms with van der Waals surface area (Å²) in [6.07, 6.45) is 1.59. The van der Waals surface area contributed by atoms with Crippen LogP contribution in [0.25, 0.3) is 28.0 Å². The van der Waals surface area contributed by atoms with Gasteiger partial charge in [0.05, 0.1) is 22.6 Å². The van der Waals surface area contributed by atoms with E-state index in [4.69, 9.17) is 0 Å². The normalized spacial score (nSPS) is 13.4. The van der Waals surface area contributed by atoms with E-state index >= 15 is 8.78 Å². The van der Waals surface area contributed by atoms with E-state index in [2.05, 4.69) is 21.9 Å². The molecule has 0 bridgehead atoms. The number of rotatable bonds is 9. The largest absolute Gasteiger partial charge is 0.507 e. The van der Waals surface area contributed by atoms with E-state index in [1.807, 2.05) is 32.8 Å². The number of hydrogen-bond acceptors (Lipinski definition) is 8. The Morgan fingerprint density at radius 2 is 1.78 bits per heavy atom. The zero-order valence-electron chi connectivity index (χ0n) is 28.0. The van der Waals surface area contributed by atoms with Crippen LogP contribution in [0, 0.1) is 18.6 Å². The van der Waals surface area contributed by atoms with Crippen molar-refractivity contribution in [2.75, 3.05) is 58.3 Å². The molecule has 11 nitrogen and oxygen atoms in total. The number of carbonyl (C=O) groups excluding carboxylic acids is 2. The Balaban J connectivity index is 1.89. The van der Waals surface area contributed by atoms with Gasteiger partial charge in [0.1, 0.15) is 22.8 Å². The van der Waals surface area contributed by atoms with E-state index in [1.54, 1.807) is 24.1 Å². The number of carbonyl (C=O) groups is 2. The number of pyridine rings is 3. The van der Waals surface area contributed by atoms with Crippen molar-refractivity contribution in [3.05, 3.63) is 87.7 Å². The fourth-order valence-corrected chi connectivity index (χ4v) is 6.00. The number of benzene rings is 1. The van der Waals surface area contributed by atoms with Gasteiger partial charge in [-0.25, -0.2) is 18.2 Å². The molecule has 1 aliphatic heterocycles. The fourth-order valence-electron chi connectivity index (χ4n) is 6.00. The molecule has 0 saturated carbocycles. The second kappa shape index (κ2) is 14.1. The number of nitrogens with zero attached hydrogens (tertiary/aromatic N) is 6. The van der Waals surface area contributed by atoms with Gasteiger partial charge >= 0.3 is 0 Å². The van der Waals surface area contributed by atoms with Crippen molar-refractivity contribution in [2.24, 2.45) is 0 Å². The highest BCUT2D eigenvalue weighted by Crippen LogP contribution is 2.38. The molecule has 3 aromatic heterocycles. The monoisotopic (exact) mass is 677 g/mol. The zero-order chi connectivity index (χ0) is 35.7. The van der Waals surface area contributed by atoms with Crippen LogP contribution in [0.4, 0.5) is 18.9 Å². The van der Waals surface area contributed by atoms with Crippen molar-refractivity contribution in [2.45, 2.75) is 26.7 Å². The fraction of sp³-hybridized carbons (Fsp3) is 0.343. The summed E-state index contributed by atoms with van der Waals surface area (Å²) < 4.78 is 46.3. The van der Waals surface area contributed by atoms with E-state index < -0.39 is 51.8 Å². The smallest absolute Gasteiger partial charge is 0.282 e. The SMILES string of the molecule is C=C(F)C(=O)N1CCN(c2c(C(=O)NCCN(C)C)c(=O)n(-c3c(C)ccnc3C(C)C)c3nc(-c4c(O)cccc4F)c(F)cc23)CC1. The first-order valence-corrected chi connectivity index (χ1v) is 15.8. The molecule has 5 rings (SSSR count). The van der Waals surface area contributed by atoms with Crippen molar-refractivity contribution in [1.29, 1.82) is 0 Å². The lowest BCUT2D eigenvalue weighted by atomic mass is 10.0. The number of phenols is 1. The second-order valence-electron chi connectivity index (χ2n) is 12.4. The van der Waals surface area contributed by atoms with Gasteiger partial charge in [-0.05, 0) is 56.8 Å². The van der Waals surface area contributed by atoms with Crippen LogP contribution < -0.4 is 15.8 Å². The van der Waals surface area contributed by atoms with Crippen LogP contribution >= 0.6 is 0 Å². The Morgan fingerprint density at radius 1 is 1.08 bits per heavy atom. The molecule has 14 heteroatoms. The molecule has 4 aromatic rings. The molecular formula is C35H38F3N7O4. The van der Waals surface area contributed by atoms with Crippen molar-refractivity contribution in [3.63, 3.8) is 0 Å². The van der Waals surface area contributed by atoms with Gasteiger partial charge in [-0.15, -0.1) is 0 Å². The van der Waals surface area contributed by atoms with Crippen molar-refractivity contribution in [3.8, 4) is 22.7 Å². The highest BCUT2D eigenvalue weighted by Gasteiger charge is 2.33. The van der Waals surface area contributed by atoms with Gasteiger partial charge in [-0.3, -0.25) is 23.9 Å². The Bertz CT molecular complexity index is 2000. The number of aromatic hydroxyl groups is 1. The number of likely N-dealkylation sites (N-methyl/N-ethyl adjacent to an activating group) is 1.